The van der Waals surface area contributed by atoms with Crippen LogP contribution in [0.4, 0.5) is 10.5 Å². The maximum Gasteiger partial charge on any atom is 0.319 e. The van der Waals surface area contributed by atoms with Gasteiger partial charge in [0.15, 0.2) is 0 Å². The minimum atomic E-state index is -3.75. The number of nitriles is 1. The van der Waals surface area contributed by atoms with Crippen molar-refractivity contribution in [2.45, 2.75) is 36.7 Å². The van der Waals surface area contributed by atoms with Crippen LogP contribution in [0.25, 0.3) is 0 Å². The summed E-state index contributed by atoms with van der Waals surface area (Å²) in [6, 6.07) is 12.5. The Balaban J connectivity index is 1.73. The molecule has 0 aliphatic heterocycles. The van der Waals surface area contributed by atoms with Crippen LogP contribution < -0.4 is 20.1 Å². The number of methoxy groups -OCH3 is 1. The van der Waals surface area contributed by atoms with E-state index in [0.717, 1.165) is 18.4 Å². The predicted octanol–water partition coefficient (Wildman–Crippen LogP) is 2.89. The lowest BCUT2D eigenvalue weighted by Gasteiger charge is -2.16. The molecule has 1 aliphatic carbocycles. The molecule has 1 fully saturated rings. The van der Waals surface area contributed by atoms with Gasteiger partial charge in [0.05, 0.1) is 24.8 Å². The Morgan fingerprint density at radius 2 is 2.00 bits per heavy atom. The van der Waals surface area contributed by atoms with E-state index < -0.39 is 16.1 Å². The summed E-state index contributed by atoms with van der Waals surface area (Å²) in [5, 5.41) is 14.4. The van der Waals surface area contributed by atoms with Gasteiger partial charge in [-0.05, 0) is 55.7 Å². The molecule has 9 heteroatoms. The van der Waals surface area contributed by atoms with Gasteiger partial charge in [0.1, 0.15) is 10.6 Å². The summed E-state index contributed by atoms with van der Waals surface area (Å²) in [5.74, 6) is 0.200. The third-order valence-electron chi connectivity index (χ3n) is 4.47. The molecule has 29 heavy (non-hydrogen) atoms. The van der Waals surface area contributed by atoms with E-state index in [-0.39, 0.29) is 22.7 Å². The summed E-state index contributed by atoms with van der Waals surface area (Å²) in [6.45, 7) is 1.79. The molecule has 0 bridgehead atoms. The highest BCUT2D eigenvalue weighted by Crippen LogP contribution is 2.29. The van der Waals surface area contributed by atoms with E-state index in [2.05, 4.69) is 21.4 Å². The van der Waals surface area contributed by atoms with Crippen molar-refractivity contribution in [2.24, 2.45) is 0 Å². The van der Waals surface area contributed by atoms with E-state index >= 15 is 0 Å². The normalized spacial score (nSPS) is 14.5. The summed E-state index contributed by atoms with van der Waals surface area (Å²) >= 11 is 0. The van der Waals surface area contributed by atoms with Gasteiger partial charge in [0, 0.05) is 11.7 Å². The third-order valence-corrected chi connectivity index (χ3v) is 6.02. The van der Waals surface area contributed by atoms with E-state index in [4.69, 9.17) is 10.00 Å². The van der Waals surface area contributed by atoms with Crippen LogP contribution in [0.3, 0.4) is 0 Å². The van der Waals surface area contributed by atoms with Crippen LogP contribution >= 0.6 is 0 Å². The predicted molar refractivity (Wildman–Crippen MR) is 108 cm³/mol. The number of ether oxygens (including phenoxy) is 1. The van der Waals surface area contributed by atoms with E-state index in [0.29, 0.717) is 11.3 Å². The SMILES string of the molecule is COc1ccc(NC(=O)NC(C)c2cccc(C#N)c2)cc1S(=O)(=O)NC1CC1. The lowest BCUT2D eigenvalue weighted by atomic mass is 10.1. The first-order chi connectivity index (χ1) is 13.8. The molecule has 0 spiro atoms. The number of hydrogen-bond acceptors (Lipinski definition) is 5. The van der Waals surface area contributed by atoms with Crippen molar-refractivity contribution in [3.05, 3.63) is 53.6 Å². The number of nitrogens with one attached hydrogen (secondary N) is 3. The number of carbonyl (C=O) groups is 1. The number of hydrogen-bond donors (Lipinski definition) is 3. The first-order valence-corrected chi connectivity index (χ1v) is 10.6. The third kappa shape index (κ3) is 5.25. The van der Waals surface area contributed by atoms with Gasteiger partial charge >= 0.3 is 6.03 Å². The van der Waals surface area contributed by atoms with Crippen molar-refractivity contribution in [2.75, 3.05) is 12.4 Å². The molecule has 1 atom stereocenters. The summed E-state index contributed by atoms with van der Waals surface area (Å²) < 4.78 is 32.9. The van der Waals surface area contributed by atoms with Gasteiger partial charge in [-0.3, -0.25) is 0 Å². The summed E-state index contributed by atoms with van der Waals surface area (Å²) in [6.07, 6.45) is 1.62. The molecular formula is C20H22N4O4S. The Kier molecular flexibility index (Phi) is 6.06. The van der Waals surface area contributed by atoms with Crippen molar-refractivity contribution in [3.63, 3.8) is 0 Å². The standard InChI is InChI=1S/C20H22N4O4S/c1-13(15-5-3-4-14(10-15)12-21)22-20(25)23-17-8-9-18(28-2)19(11-17)29(26,27)24-16-6-7-16/h3-5,8-11,13,16,24H,6-7H2,1-2H3,(H2,22,23,25). The molecule has 2 aromatic rings. The second-order valence-corrected chi connectivity index (χ2v) is 8.50. The number of sulfonamides is 1. The van der Waals surface area contributed by atoms with Crippen LogP contribution in [0.1, 0.15) is 36.9 Å². The summed E-state index contributed by atoms with van der Waals surface area (Å²) in [4.78, 5) is 12.3. The maximum absolute atomic E-state index is 12.6. The van der Waals surface area contributed by atoms with Gasteiger partial charge in [-0.25, -0.2) is 17.9 Å². The monoisotopic (exact) mass is 414 g/mol. The van der Waals surface area contributed by atoms with Crippen LogP contribution in [-0.2, 0) is 10.0 Å². The summed E-state index contributed by atoms with van der Waals surface area (Å²) in [5.41, 5.74) is 1.60. The van der Waals surface area contributed by atoms with Crippen LogP contribution in [-0.4, -0.2) is 27.6 Å². The highest BCUT2D eigenvalue weighted by atomic mass is 32.2. The molecule has 3 N–H and O–H groups in total. The molecule has 3 rings (SSSR count). The highest BCUT2D eigenvalue weighted by Gasteiger charge is 2.30. The van der Waals surface area contributed by atoms with Crippen LogP contribution in [0.15, 0.2) is 47.4 Å². The lowest BCUT2D eigenvalue weighted by molar-refractivity contribution is 0.249. The highest BCUT2D eigenvalue weighted by molar-refractivity contribution is 7.89. The summed E-state index contributed by atoms with van der Waals surface area (Å²) in [7, 11) is -2.36. The number of rotatable bonds is 7. The molecule has 152 valence electrons. The maximum atomic E-state index is 12.6. The minimum Gasteiger partial charge on any atom is -0.495 e. The fraction of sp³-hybridized carbons (Fsp3) is 0.300. The smallest absolute Gasteiger partial charge is 0.319 e. The molecule has 8 nitrogen and oxygen atoms in total. The number of nitrogens with zero attached hydrogens (tertiary/aromatic N) is 1. The van der Waals surface area contributed by atoms with E-state index in [1.165, 1.54) is 19.2 Å². The zero-order valence-corrected chi connectivity index (χ0v) is 16.9. The van der Waals surface area contributed by atoms with E-state index in [1.807, 2.05) is 6.07 Å². The zero-order valence-electron chi connectivity index (χ0n) is 16.1. The van der Waals surface area contributed by atoms with Gasteiger partial charge in [-0.2, -0.15) is 5.26 Å². The number of amides is 2. The Morgan fingerprint density at radius 3 is 2.66 bits per heavy atom. The second-order valence-electron chi connectivity index (χ2n) is 6.82. The van der Waals surface area contributed by atoms with Gasteiger partial charge in [0.2, 0.25) is 10.0 Å². The molecule has 2 aromatic carbocycles. The van der Waals surface area contributed by atoms with E-state index in [9.17, 15) is 13.2 Å². The average molecular weight is 414 g/mol. The zero-order chi connectivity index (χ0) is 21.0. The van der Waals surface area contributed by atoms with Crippen molar-refractivity contribution in [1.82, 2.24) is 10.0 Å². The Bertz CT molecular complexity index is 1060. The molecule has 1 saturated carbocycles. The Hall–Kier alpha value is -3.09. The molecule has 0 aromatic heterocycles. The van der Waals surface area contributed by atoms with Gasteiger partial charge in [-0.15, -0.1) is 0 Å². The van der Waals surface area contributed by atoms with E-state index in [1.54, 1.807) is 31.2 Å². The van der Waals surface area contributed by atoms with Crippen LogP contribution in [0, 0.1) is 11.3 Å². The van der Waals surface area contributed by atoms with Gasteiger partial charge < -0.3 is 15.4 Å². The topological polar surface area (TPSA) is 120 Å². The second kappa shape index (κ2) is 8.51. The molecular weight excluding hydrogens is 392 g/mol. The fourth-order valence-electron chi connectivity index (χ4n) is 2.77. The fourth-order valence-corrected chi connectivity index (χ4v) is 4.27. The van der Waals surface area contributed by atoms with Crippen molar-refractivity contribution >= 4 is 21.7 Å². The molecule has 0 saturated heterocycles. The molecule has 1 aliphatic rings. The largest absolute Gasteiger partial charge is 0.495 e. The number of anilines is 1. The first kappa shape index (κ1) is 20.6. The molecule has 1 unspecified atom stereocenters. The molecule has 0 heterocycles. The van der Waals surface area contributed by atoms with Gasteiger partial charge in [-0.1, -0.05) is 12.1 Å². The first-order valence-electron chi connectivity index (χ1n) is 9.10. The number of carbonyl (C=O) groups excluding carboxylic acids is 1. The minimum absolute atomic E-state index is 0.0283. The molecule has 0 radical (unpaired) electrons. The van der Waals surface area contributed by atoms with Gasteiger partial charge in [0.25, 0.3) is 0 Å². The quantitative estimate of drug-likeness (QED) is 0.643. The Labute approximate surface area is 169 Å². The van der Waals surface area contributed by atoms with Crippen molar-refractivity contribution in [1.29, 1.82) is 5.26 Å². The lowest BCUT2D eigenvalue weighted by Crippen LogP contribution is -2.31. The number of urea groups is 1. The van der Waals surface area contributed by atoms with Crippen LogP contribution in [0.2, 0.25) is 0 Å². The average Bonchev–Trinajstić information content (AvgIpc) is 3.51. The van der Waals surface area contributed by atoms with Crippen LogP contribution in [0.5, 0.6) is 5.75 Å². The van der Waals surface area contributed by atoms with Crippen molar-refractivity contribution < 1.29 is 17.9 Å². The Morgan fingerprint density at radius 1 is 1.24 bits per heavy atom. The van der Waals surface area contributed by atoms with Crippen molar-refractivity contribution in [3.8, 4) is 11.8 Å². The molecule has 2 amide bonds. The number of benzene rings is 2.